The Morgan fingerprint density at radius 3 is 1.16 bits per heavy atom. The van der Waals surface area contributed by atoms with Crippen molar-refractivity contribution in [2.24, 2.45) is 0 Å². The van der Waals surface area contributed by atoms with E-state index in [0.29, 0.717) is 90.9 Å². The highest BCUT2D eigenvalue weighted by atomic mass is 28.4. The van der Waals surface area contributed by atoms with Gasteiger partial charge in [-0.1, -0.05) is 86.1 Å². The second-order valence-corrected chi connectivity index (χ2v) is 24.3. The molecule has 412 valence electrons. The van der Waals surface area contributed by atoms with E-state index < -0.39 is 29.8 Å². The van der Waals surface area contributed by atoms with Crippen LogP contribution in [0, 0.1) is 23.7 Å². The number of nitrogens with one attached hydrogen (secondary N) is 2. The third kappa shape index (κ3) is 20.3. The average Bonchev–Trinajstić information content (AvgIpc) is 3.42. The molecule has 0 aliphatic heterocycles. The van der Waals surface area contributed by atoms with Crippen LogP contribution in [-0.2, 0) is 61.7 Å². The summed E-state index contributed by atoms with van der Waals surface area (Å²) in [6, 6.07) is 31.9. The lowest BCUT2D eigenvalue weighted by molar-refractivity contribution is 0.0699. The first-order valence-corrected chi connectivity index (χ1v) is 32.0. The summed E-state index contributed by atoms with van der Waals surface area (Å²) in [7, 11) is -5.48. The molecule has 0 radical (unpaired) electrons. The van der Waals surface area contributed by atoms with Gasteiger partial charge >= 0.3 is 29.8 Å². The highest BCUT2D eigenvalue weighted by Crippen LogP contribution is 2.27. The van der Waals surface area contributed by atoms with Crippen molar-refractivity contribution >= 4 is 29.8 Å². The molecule has 0 aromatic heterocycles. The van der Waals surface area contributed by atoms with E-state index in [-0.39, 0.29) is 11.8 Å². The Morgan fingerprint density at radius 2 is 0.829 bits per heavy atom. The van der Waals surface area contributed by atoms with Gasteiger partial charge in [0.2, 0.25) is 0 Å². The predicted octanol–water partition coefficient (Wildman–Crippen LogP) is 12.5. The molecule has 2 unspecified atom stereocenters. The molecule has 0 heterocycles. The largest absolute Gasteiger partial charge is 0.500 e. The highest BCUT2D eigenvalue weighted by molar-refractivity contribution is 6.61. The van der Waals surface area contributed by atoms with E-state index in [9.17, 15) is 9.59 Å². The average molecular weight is 1080 g/mol. The Bertz CT molecular complexity index is 2290. The lowest BCUT2D eigenvalue weighted by atomic mass is 9.91. The lowest BCUT2D eigenvalue weighted by Gasteiger charge is -2.28. The van der Waals surface area contributed by atoms with E-state index in [4.69, 9.17) is 36.0 Å². The van der Waals surface area contributed by atoms with Crippen LogP contribution in [0.3, 0.4) is 0 Å². The van der Waals surface area contributed by atoms with Crippen LogP contribution >= 0.6 is 0 Å². The van der Waals surface area contributed by atoms with Gasteiger partial charge in [-0.15, -0.1) is 0 Å². The van der Waals surface area contributed by atoms with Crippen molar-refractivity contribution in [1.82, 2.24) is 10.6 Å². The van der Waals surface area contributed by atoms with Crippen LogP contribution in [0.1, 0.15) is 161 Å². The minimum Gasteiger partial charge on any atom is -0.450 e. The van der Waals surface area contributed by atoms with E-state index in [1.807, 2.05) is 41.5 Å². The van der Waals surface area contributed by atoms with Crippen LogP contribution in [0.2, 0.25) is 12.1 Å². The van der Waals surface area contributed by atoms with Gasteiger partial charge in [-0.3, -0.25) is 0 Å². The van der Waals surface area contributed by atoms with Gasteiger partial charge in [-0.25, -0.2) is 9.59 Å². The predicted molar refractivity (Wildman–Crippen MR) is 307 cm³/mol. The number of hydrogen-bond donors (Lipinski definition) is 2. The minimum atomic E-state index is -2.74. The molecular formula is C62H86N2O10Si2. The number of hydrogen-bond acceptors (Lipinski definition) is 10. The summed E-state index contributed by atoms with van der Waals surface area (Å²) >= 11 is 0. The summed E-state index contributed by atoms with van der Waals surface area (Å²) in [6.07, 6.45) is 7.42. The maximum Gasteiger partial charge on any atom is 0.500 e. The Morgan fingerprint density at radius 1 is 0.474 bits per heavy atom. The fraction of sp³-hybridized carbons (Fsp3) is 0.516. The second-order valence-electron chi connectivity index (χ2n) is 18.8. The minimum absolute atomic E-state index is 0.263. The Balaban J connectivity index is 1.10. The summed E-state index contributed by atoms with van der Waals surface area (Å²) in [6.45, 7) is 20.8. The maximum absolute atomic E-state index is 12.5. The van der Waals surface area contributed by atoms with Gasteiger partial charge in [0, 0.05) is 87.1 Å². The molecule has 12 nitrogen and oxygen atoms in total. The van der Waals surface area contributed by atoms with E-state index in [1.54, 1.807) is 0 Å². The SMILES string of the molecule is CCO[Si](CCCNC(=O)OCCC(CC)c1ccc(C#Cc2cc3ccc2CCc2ccc(c(C#Cc4ccc(C(CC)CCOC(=O)NCCC[Si](OCC)(OCC)OCC)cc4)c2)CC3)cc1)(OCC)OCC. The molecule has 4 aromatic carbocycles. The number of ether oxygens (including phenoxy) is 2. The topological polar surface area (TPSA) is 132 Å². The van der Waals surface area contributed by atoms with Crippen molar-refractivity contribution in [3.05, 3.63) is 141 Å². The summed E-state index contributed by atoms with van der Waals surface area (Å²) < 4.78 is 46.7. The first-order valence-electron chi connectivity index (χ1n) is 28.2. The number of carbonyl (C=O) groups is 2. The summed E-state index contributed by atoms with van der Waals surface area (Å²) in [5.41, 5.74) is 11.5. The number of carbonyl (C=O) groups excluding carboxylic acids is 2. The molecule has 4 aliphatic rings. The molecule has 2 atom stereocenters. The van der Waals surface area contributed by atoms with Gasteiger partial charge < -0.3 is 46.7 Å². The summed E-state index contributed by atoms with van der Waals surface area (Å²) in [5, 5.41) is 5.74. The van der Waals surface area contributed by atoms with Crippen molar-refractivity contribution in [2.75, 3.05) is 65.9 Å². The Hall–Kier alpha value is -5.27. The lowest BCUT2D eigenvalue weighted by Crippen LogP contribution is -2.46. The van der Waals surface area contributed by atoms with Crippen molar-refractivity contribution in [1.29, 1.82) is 0 Å². The fourth-order valence-corrected chi connectivity index (χ4v) is 14.9. The molecular weight excluding hydrogens is 989 g/mol. The molecule has 76 heavy (non-hydrogen) atoms. The van der Waals surface area contributed by atoms with Crippen LogP contribution in [0.25, 0.3) is 0 Å². The number of amides is 2. The van der Waals surface area contributed by atoms with E-state index in [1.165, 1.54) is 33.4 Å². The first-order chi connectivity index (χ1) is 37.0. The van der Waals surface area contributed by atoms with Crippen LogP contribution in [0.4, 0.5) is 9.59 Å². The van der Waals surface area contributed by atoms with Crippen molar-refractivity contribution in [3.8, 4) is 23.7 Å². The number of benzene rings is 4. The van der Waals surface area contributed by atoms with Crippen molar-refractivity contribution in [3.63, 3.8) is 0 Å². The molecule has 4 bridgehead atoms. The Labute approximate surface area is 457 Å². The van der Waals surface area contributed by atoms with Gasteiger partial charge in [0.05, 0.1) is 13.2 Å². The molecule has 0 fully saturated rings. The maximum atomic E-state index is 12.5. The zero-order valence-corrected chi connectivity index (χ0v) is 48.9. The van der Waals surface area contributed by atoms with Crippen LogP contribution in [0.5, 0.6) is 0 Å². The fourth-order valence-electron chi connectivity index (χ4n) is 9.64. The normalized spacial score (nSPS) is 13.1. The second kappa shape index (κ2) is 33.8. The molecule has 0 saturated heterocycles. The number of alkyl carbamates (subject to hydrolysis) is 2. The molecule has 0 saturated carbocycles. The molecule has 0 spiro atoms. The van der Waals surface area contributed by atoms with Crippen molar-refractivity contribution in [2.45, 2.75) is 144 Å². The van der Waals surface area contributed by atoms with Gasteiger partial charge in [-0.05, 0) is 187 Å². The van der Waals surface area contributed by atoms with Gasteiger partial charge in [-0.2, -0.15) is 0 Å². The zero-order chi connectivity index (χ0) is 54.4. The summed E-state index contributed by atoms with van der Waals surface area (Å²) in [4.78, 5) is 25.0. The van der Waals surface area contributed by atoms with Crippen LogP contribution in [-0.4, -0.2) is 95.7 Å². The van der Waals surface area contributed by atoms with E-state index >= 15 is 0 Å². The van der Waals surface area contributed by atoms with Gasteiger partial charge in [0.15, 0.2) is 0 Å². The summed E-state index contributed by atoms with van der Waals surface area (Å²) in [5.74, 6) is 14.5. The van der Waals surface area contributed by atoms with Gasteiger partial charge in [0.25, 0.3) is 0 Å². The quantitative estimate of drug-likeness (QED) is 0.0295. The third-order valence-corrected chi connectivity index (χ3v) is 19.9. The smallest absolute Gasteiger partial charge is 0.450 e. The van der Waals surface area contributed by atoms with Crippen LogP contribution < -0.4 is 10.6 Å². The van der Waals surface area contributed by atoms with Gasteiger partial charge in [0.1, 0.15) is 0 Å². The van der Waals surface area contributed by atoms with E-state index in [2.05, 4.69) is 133 Å². The van der Waals surface area contributed by atoms with E-state index in [0.717, 1.165) is 73.6 Å². The number of rotatable bonds is 30. The molecule has 8 rings (SSSR count). The standard InChI is InChI=1S/C62H86N2O10Si2/c1-9-53(39-43-67-61(65)63-41-17-45-75(69-11-3,70-12-4)71-13-5)55-29-19-49(20-30-55)23-37-59-47-51-25-33-57(59)35-27-52-26-34-58(36-28-51)60(48-52)38-24-50-21-31-56(32-22-50)54(10-2)40-44-68-62(66)64-42-18-46-76(72-14-6,73-15-7)74-16-8/h19-22,25-26,29-34,47-48,53-54H,9-18,27-28,35-36,39-46H2,1-8H3,(H,63,65)(H,64,66). The monoisotopic (exact) mass is 1070 g/mol. The first kappa shape index (κ1) is 61.6. The van der Waals surface area contributed by atoms with Crippen LogP contribution in [0.15, 0.2) is 84.9 Å². The molecule has 14 heteroatoms. The Kier molecular flexibility index (Phi) is 27.4. The third-order valence-electron chi connectivity index (χ3n) is 13.6. The molecule has 4 aromatic rings. The molecule has 4 aliphatic carbocycles. The van der Waals surface area contributed by atoms with Crippen molar-refractivity contribution < 1.29 is 45.6 Å². The zero-order valence-electron chi connectivity index (χ0n) is 46.9. The highest BCUT2D eigenvalue weighted by Gasteiger charge is 2.40. The molecule has 2 amide bonds. The molecule has 2 N–H and O–H groups in total. The number of aryl methyl sites for hydroxylation is 4.